The first kappa shape index (κ1) is 29.7. The van der Waals surface area contributed by atoms with E-state index in [4.69, 9.17) is 14.3 Å². The average Bonchev–Trinajstić information content (AvgIpc) is 3.28. The Bertz CT molecular complexity index is 1600. The van der Waals surface area contributed by atoms with Crippen molar-refractivity contribution in [3.05, 3.63) is 63.0 Å². The molecule has 0 N–H and O–H groups in total. The number of esters is 1. The Labute approximate surface area is 238 Å². The summed E-state index contributed by atoms with van der Waals surface area (Å²) in [6.07, 6.45) is 2.01. The highest BCUT2D eigenvalue weighted by Gasteiger charge is 2.37. The van der Waals surface area contributed by atoms with Crippen LogP contribution < -0.4 is 15.3 Å². The van der Waals surface area contributed by atoms with Gasteiger partial charge in [-0.25, -0.2) is 24.4 Å². The van der Waals surface area contributed by atoms with Crippen LogP contribution in [0.2, 0.25) is 0 Å². The summed E-state index contributed by atoms with van der Waals surface area (Å²) in [5.41, 5.74) is 1.25. The molecule has 2 heterocycles. The number of pyridine rings is 1. The van der Waals surface area contributed by atoms with Gasteiger partial charge in [-0.05, 0) is 103 Å². The Kier molecular flexibility index (Phi) is 7.68. The van der Waals surface area contributed by atoms with Gasteiger partial charge in [-0.3, -0.25) is 9.69 Å². The lowest BCUT2D eigenvalue weighted by Crippen LogP contribution is -2.40. The lowest BCUT2D eigenvalue weighted by molar-refractivity contribution is -0.154. The SMILES string of the molecule is COC(=O)c1ccc(N(C(=O)OC(C)(C)C)C2CCc3cc4nc(C)n(OC(=O)C(C)(C)C)c(=O)c4c(C)c32)cn1. The lowest BCUT2D eigenvalue weighted by Gasteiger charge is -2.32. The highest BCUT2D eigenvalue weighted by atomic mass is 16.7. The molecule has 1 aliphatic carbocycles. The molecular weight excluding hydrogens is 528 g/mol. The van der Waals surface area contributed by atoms with E-state index in [2.05, 4.69) is 9.97 Å². The minimum Gasteiger partial charge on any atom is -0.464 e. The minimum atomic E-state index is -0.829. The first-order valence-electron chi connectivity index (χ1n) is 13.4. The molecule has 0 aliphatic heterocycles. The molecule has 41 heavy (non-hydrogen) atoms. The van der Waals surface area contributed by atoms with Gasteiger partial charge in [0.05, 0.1) is 41.4 Å². The van der Waals surface area contributed by atoms with E-state index in [1.165, 1.54) is 24.3 Å². The van der Waals surface area contributed by atoms with Crippen LogP contribution in [0.5, 0.6) is 0 Å². The second-order valence-corrected chi connectivity index (χ2v) is 12.2. The molecule has 3 aromatic rings. The van der Waals surface area contributed by atoms with Crippen molar-refractivity contribution in [3.63, 3.8) is 0 Å². The van der Waals surface area contributed by atoms with Crippen LogP contribution in [0.4, 0.5) is 10.5 Å². The van der Waals surface area contributed by atoms with Gasteiger partial charge < -0.3 is 14.3 Å². The largest absolute Gasteiger partial charge is 0.464 e. The molecule has 1 amide bonds. The summed E-state index contributed by atoms with van der Waals surface area (Å²) in [5.74, 6) is -0.916. The molecule has 11 heteroatoms. The predicted molar refractivity (Wildman–Crippen MR) is 152 cm³/mol. The smallest absolute Gasteiger partial charge is 0.415 e. The number of benzene rings is 1. The van der Waals surface area contributed by atoms with E-state index in [1.54, 1.807) is 61.5 Å². The molecule has 1 aliphatic rings. The number of nitrogens with zero attached hydrogens (tertiary/aromatic N) is 4. The highest BCUT2D eigenvalue weighted by Crippen LogP contribution is 2.42. The molecule has 11 nitrogen and oxygen atoms in total. The first-order valence-corrected chi connectivity index (χ1v) is 13.4. The number of carbonyl (C=O) groups excluding carboxylic acids is 3. The van der Waals surface area contributed by atoms with E-state index in [9.17, 15) is 19.2 Å². The van der Waals surface area contributed by atoms with E-state index < -0.39 is 40.6 Å². The molecule has 0 saturated carbocycles. The first-order chi connectivity index (χ1) is 19.0. The van der Waals surface area contributed by atoms with Crippen LogP contribution in [0.25, 0.3) is 10.9 Å². The summed E-state index contributed by atoms with van der Waals surface area (Å²) in [6, 6.07) is 4.45. The van der Waals surface area contributed by atoms with E-state index in [0.29, 0.717) is 35.0 Å². The van der Waals surface area contributed by atoms with Crippen molar-refractivity contribution < 1.29 is 28.7 Å². The third-order valence-electron chi connectivity index (χ3n) is 6.80. The van der Waals surface area contributed by atoms with E-state index in [0.717, 1.165) is 15.9 Å². The predicted octanol–water partition coefficient (Wildman–Crippen LogP) is 4.63. The second kappa shape index (κ2) is 10.6. The third kappa shape index (κ3) is 5.79. The van der Waals surface area contributed by atoms with Gasteiger partial charge in [-0.2, -0.15) is 0 Å². The number of carbonyl (C=O) groups is 3. The maximum atomic E-state index is 13.7. The van der Waals surface area contributed by atoms with Gasteiger partial charge in [-0.15, -0.1) is 4.73 Å². The van der Waals surface area contributed by atoms with Crippen LogP contribution in [-0.4, -0.2) is 45.4 Å². The van der Waals surface area contributed by atoms with Gasteiger partial charge in [0.15, 0.2) is 0 Å². The van der Waals surface area contributed by atoms with Gasteiger partial charge in [0.25, 0.3) is 5.56 Å². The Morgan fingerprint density at radius 1 is 1.07 bits per heavy atom. The zero-order valence-corrected chi connectivity index (χ0v) is 24.9. The van der Waals surface area contributed by atoms with Crippen LogP contribution in [0.1, 0.15) is 87.0 Å². The van der Waals surface area contributed by atoms with Crippen molar-refractivity contribution in [1.82, 2.24) is 14.7 Å². The highest BCUT2D eigenvalue weighted by molar-refractivity contribution is 5.92. The normalized spacial score (nSPS) is 14.9. The number of methoxy groups -OCH3 is 1. The zero-order valence-electron chi connectivity index (χ0n) is 24.9. The van der Waals surface area contributed by atoms with Crippen LogP contribution in [-0.2, 0) is 20.7 Å². The van der Waals surface area contributed by atoms with Crippen molar-refractivity contribution in [2.45, 2.75) is 79.9 Å². The Morgan fingerprint density at radius 3 is 2.32 bits per heavy atom. The summed E-state index contributed by atoms with van der Waals surface area (Å²) >= 11 is 0. The molecule has 218 valence electrons. The monoisotopic (exact) mass is 564 g/mol. The Balaban J connectivity index is 1.87. The molecule has 1 aromatic carbocycles. The number of fused-ring (bicyclic) bond motifs is 2. The zero-order chi connectivity index (χ0) is 30.4. The average molecular weight is 565 g/mol. The molecule has 0 bridgehead atoms. The summed E-state index contributed by atoms with van der Waals surface area (Å²) in [7, 11) is 1.27. The summed E-state index contributed by atoms with van der Waals surface area (Å²) in [5, 5.41) is 0.297. The topological polar surface area (TPSA) is 130 Å². The number of amides is 1. The van der Waals surface area contributed by atoms with Gasteiger partial charge in [-0.1, -0.05) is 0 Å². The molecule has 0 spiro atoms. The number of ether oxygens (including phenoxy) is 2. The molecule has 0 radical (unpaired) electrons. The third-order valence-corrected chi connectivity index (χ3v) is 6.80. The van der Waals surface area contributed by atoms with Crippen molar-refractivity contribution in [2.75, 3.05) is 12.0 Å². The Morgan fingerprint density at radius 2 is 1.76 bits per heavy atom. The molecule has 0 saturated heterocycles. The number of hydrogen-bond donors (Lipinski definition) is 0. The van der Waals surface area contributed by atoms with Crippen LogP contribution in [0.15, 0.2) is 29.2 Å². The van der Waals surface area contributed by atoms with Gasteiger partial charge in [0.1, 0.15) is 17.1 Å². The summed E-state index contributed by atoms with van der Waals surface area (Å²) < 4.78 is 11.5. The fourth-order valence-electron chi connectivity index (χ4n) is 4.88. The molecule has 4 rings (SSSR count). The second-order valence-electron chi connectivity index (χ2n) is 12.2. The molecule has 2 aromatic heterocycles. The van der Waals surface area contributed by atoms with Crippen LogP contribution in [0, 0.1) is 19.3 Å². The van der Waals surface area contributed by atoms with E-state index in [1.807, 2.05) is 6.07 Å². The van der Waals surface area contributed by atoms with Gasteiger partial charge >= 0.3 is 18.0 Å². The van der Waals surface area contributed by atoms with Crippen molar-refractivity contribution >= 4 is 34.6 Å². The fourth-order valence-corrected chi connectivity index (χ4v) is 4.88. The van der Waals surface area contributed by atoms with Crippen molar-refractivity contribution in [2.24, 2.45) is 5.41 Å². The number of hydrogen-bond acceptors (Lipinski definition) is 9. The number of aromatic nitrogens is 3. The minimum absolute atomic E-state index is 0.0983. The maximum Gasteiger partial charge on any atom is 0.415 e. The maximum absolute atomic E-state index is 13.7. The van der Waals surface area contributed by atoms with Crippen LogP contribution in [0.3, 0.4) is 0 Å². The number of anilines is 1. The molecule has 1 atom stereocenters. The van der Waals surface area contributed by atoms with Gasteiger partial charge in [0, 0.05) is 0 Å². The van der Waals surface area contributed by atoms with Crippen molar-refractivity contribution in [1.29, 1.82) is 0 Å². The standard InChI is InChI=1S/C30H36N4O7/c1-16-23-18(14-21-24(16)25(35)34(17(2)32-21)41-27(37)29(3,4)5)10-13-22(23)33(28(38)40-30(6,7)8)19-11-12-20(31-15-19)26(36)39-9/h11-12,14-15,22H,10,13H2,1-9H3. The fraction of sp³-hybridized carbons (Fsp3) is 0.467. The Hall–Kier alpha value is -4.28. The molecule has 0 fully saturated rings. The lowest BCUT2D eigenvalue weighted by atomic mass is 9.96. The molecule has 1 unspecified atom stereocenters. The van der Waals surface area contributed by atoms with E-state index >= 15 is 0 Å². The number of rotatable bonds is 4. The van der Waals surface area contributed by atoms with E-state index in [-0.39, 0.29) is 11.5 Å². The quantitative estimate of drug-likeness (QED) is 0.417. The summed E-state index contributed by atoms with van der Waals surface area (Å²) in [6.45, 7) is 13.8. The van der Waals surface area contributed by atoms with Crippen molar-refractivity contribution in [3.8, 4) is 0 Å². The number of aryl methyl sites for hydroxylation is 3. The molecular formula is C30H36N4O7. The van der Waals surface area contributed by atoms with Crippen LogP contribution >= 0.6 is 0 Å². The summed E-state index contributed by atoms with van der Waals surface area (Å²) in [4.78, 5) is 67.7. The van der Waals surface area contributed by atoms with Gasteiger partial charge in [0.2, 0.25) is 0 Å².